The Balaban J connectivity index is 2.88. The van der Waals surface area contributed by atoms with E-state index in [0.717, 1.165) is 5.56 Å². The van der Waals surface area contributed by atoms with Gasteiger partial charge in [0, 0.05) is 18.3 Å². The van der Waals surface area contributed by atoms with Crippen LogP contribution in [0.25, 0.3) is 0 Å². The summed E-state index contributed by atoms with van der Waals surface area (Å²) in [4.78, 5) is 11.9. The van der Waals surface area contributed by atoms with Crippen LogP contribution in [0.5, 0.6) is 0 Å². The lowest BCUT2D eigenvalue weighted by Crippen LogP contribution is -2.28. The van der Waals surface area contributed by atoms with Gasteiger partial charge in [0.15, 0.2) is 0 Å². The van der Waals surface area contributed by atoms with E-state index in [9.17, 15) is 9.18 Å². The first-order chi connectivity index (χ1) is 7.48. The number of carbonyl (C=O) groups is 1. The highest BCUT2D eigenvalue weighted by molar-refractivity contribution is 5.89. The predicted octanol–water partition coefficient (Wildman–Crippen LogP) is 3.09. The fraction of sp³-hybridized carbons (Fsp3) is 0.357. The first-order valence-electron chi connectivity index (χ1n) is 5.21. The summed E-state index contributed by atoms with van der Waals surface area (Å²) >= 11 is 0. The SMILES string of the molecule is C#CCCC(=O)C(C)(C)c1ccc(F)cc1. The van der Waals surface area contributed by atoms with Crippen molar-refractivity contribution in [3.8, 4) is 12.3 Å². The van der Waals surface area contributed by atoms with Crippen molar-refractivity contribution >= 4 is 5.78 Å². The molecule has 0 radical (unpaired) electrons. The molecule has 0 aliphatic carbocycles. The predicted molar refractivity (Wildman–Crippen MR) is 62.5 cm³/mol. The monoisotopic (exact) mass is 218 g/mol. The Hall–Kier alpha value is -1.62. The smallest absolute Gasteiger partial charge is 0.143 e. The van der Waals surface area contributed by atoms with Crippen molar-refractivity contribution in [3.63, 3.8) is 0 Å². The van der Waals surface area contributed by atoms with Gasteiger partial charge >= 0.3 is 0 Å². The number of hydrogen-bond acceptors (Lipinski definition) is 1. The summed E-state index contributed by atoms with van der Waals surface area (Å²) in [5.41, 5.74) is 0.209. The molecule has 16 heavy (non-hydrogen) atoms. The molecule has 0 amide bonds. The number of hydrogen-bond donors (Lipinski definition) is 0. The quantitative estimate of drug-likeness (QED) is 0.710. The average Bonchev–Trinajstić information content (AvgIpc) is 2.26. The van der Waals surface area contributed by atoms with Gasteiger partial charge in [0.2, 0.25) is 0 Å². The second-order valence-corrected chi connectivity index (χ2v) is 4.26. The summed E-state index contributed by atoms with van der Waals surface area (Å²) < 4.78 is 12.8. The summed E-state index contributed by atoms with van der Waals surface area (Å²) in [6.45, 7) is 3.66. The third kappa shape index (κ3) is 2.70. The van der Waals surface area contributed by atoms with Gasteiger partial charge in [-0.05, 0) is 31.5 Å². The van der Waals surface area contributed by atoms with Crippen molar-refractivity contribution in [2.45, 2.75) is 32.1 Å². The summed E-state index contributed by atoms with van der Waals surface area (Å²) in [5, 5.41) is 0. The van der Waals surface area contributed by atoms with Gasteiger partial charge in [-0.25, -0.2) is 4.39 Å². The van der Waals surface area contributed by atoms with E-state index in [1.807, 2.05) is 13.8 Å². The number of terminal acetylenes is 1. The molecule has 0 N–H and O–H groups in total. The number of halogens is 1. The van der Waals surface area contributed by atoms with Gasteiger partial charge in [0.05, 0.1) is 0 Å². The van der Waals surface area contributed by atoms with Gasteiger partial charge < -0.3 is 0 Å². The second-order valence-electron chi connectivity index (χ2n) is 4.26. The van der Waals surface area contributed by atoms with Gasteiger partial charge in [0.1, 0.15) is 11.6 Å². The van der Waals surface area contributed by atoms with Crippen LogP contribution in [0.3, 0.4) is 0 Å². The van der Waals surface area contributed by atoms with Crippen LogP contribution in [0, 0.1) is 18.2 Å². The number of ketones is 1. The molecular weight excluding hydrogens is 203 g/mol. The van der Waals surface area contributed by atoms with E-state index in [-0.39, 0.29) is 11.6 Å². The van der Waals surface area contributed by atoms with E-state index in [1.165, 1.54) is 12.1 Å². The molecule has 1 aromatic carbocycles. The molecule has 0 heterocycles. The molecule has 2 heteroatoms. The normalized spacial score (nSPS) is 10.9. The highest BCUT2D eigenvalue weighted by atomic mass is 19.1. The third-order valence-electron chi connectivity index (χ3n) is 2.76. The van der Waals surface area contributed by atoms with E-state index in [0.29, 0.717) is 12.8 Å². The fourth-order valence-corrected chi connectivity index (χ4v) is 1.53. The summed E-state index contributed by atoms with van der Waals surface area (Å²) in [5.74, 6) is 2.24. The molecule has 0 aliphatic rings. The maximum atomic E-state index is 12.8. The number of carbonyl (C=O) groups excluding carboxylic acids is 1. The maximum Gasteiger partial charge on any atom is 0.143 e. The van der Waals surface area contributed by atoms with E-state index in [1.54, 1.807) is 12.1 Å². The molecule has 0 fully saturated rings. The molecule has 0 saturated heterocycles. The van der Waals surface area contributed by atoms with Crippen LogP contribution in [-0.2, 0) is 10.2 Å². The highest BCUT2D eigenvalue weighted by Gasteiger charge is 2.28. The molecule has 0 atom stereocenters. The molecule has 0 spiro atoms. The topological polar surface area (TPSA) is 17.1 Å². The fourth-order valence-electron chi connectivity index (χ4n) is 1.53. The van der Waals surface area contributed by atoms with Crippen LogP contribution in [0.1, 0.15) is 32.3 Å². The lowest BCUT2D eigenvalue weighted by Gasteiger charge is -2.23. The van der Waals surface area contributed by atoms with E-state index < -0.39 is 5.41 Å². The Morgan fingerprint density at radius 3 is 2.44 bits per heavy atom. The van der Waals surface area contributed by atoms with Crippen molar-refractivity contribution < 1.29 is 9.18 Å². The first-order valence-corrected chi connectivity index (χ1v) is 5.21. The zero-order valence-corrected chi connectivity index (χ0v) is 9.59. The lowest BCUT2D eigenvalue weighted by atomic mass is 9.79. The van der Waals surface area contributed by atoms with Crippen molar-refractivity contribution in [3.05, 3.63) is 35.6 Å². The van der Waals surface area contributed by atoms with Crippen LogP contribution < -0.4 is 0 Å². The van der Waals surface area contributed by atoms with E-state index in [2.05, 4.69) is 5.92 Å². The Kier molecular flexibility index (Phi) is 3.84. The molecule has 0 saturated carbocycles. The van der Waals surface area contributed by atoms with E-state index >= 15 is 0 Å². The summed E-state index contributed by atoms with van der Waals surface area (Å²) in [7, 11) is 0. The first kappa shape index (κ1) is 12.4. The van der Waals surface area contributed by atoms with Gasteiger partial charge in [-0.1, -0.05) is 12.1 Å². The molecule has 1 aromatic rings. The number of rotatable bonds is 4. The lowest BCUT2D eigenvalue weighted by molar-refractivity contribution is -0.123. The minimum absolute atomic E-state index is 0.0806. The zero-order chi connectivity index (χ0) is 12.2. The molecule has 0 aromatic heterocycles. The van der Waals surface area contributed by atoms with Crippen molar-refractivity contribution in [2.75, 3.05) is 0 Å². The van der Waals surface area contributed by atoms with Crippen LogP contribution in [0.15, 0.2) is 24.3 Å². The Bertz CT molecular complexity index is 409. The third-order valence-corrected chi connectivity index (χ3v) is 2.76. The van der Waals surface area contributed by atoms with Crippen LogP contribution >= 0.6 is 0 Å². The standard InChI is InChI=1S/C14H15FO/c1-4-5-6-13(16)14(2,3)11-7-9-12(15)10-8-11/h1,7-10H,5-6H2,2-3H3. The number of benzene rings is 1. The zero-order valence-electron chi connectivity index (χ0n) is 9.59. The van der Waals surface area contributed by atoms with Crippen LogP contribution in [0.4, 0.5) is 4.39 Å². The molecule has 0 unspecified atom stereocenters. The van der Waals surface area contributed by atoms with Crippen molar-refractivity contribution in [1.29, 1.82) is 0 Å². The minimum atomic E-state index is -0.607. The summed E-state index contributed by atoms with van der Waals surface area (Å²) in [6, 6.07) is 6.02. The largest absolute Gasteiger partial charge is 0.299 e. The van der Waals surface area contributed by atoms with Crippen molar-refractivity contribution in [2.24, 2.45) is 0 Å². The van der Waals surface area contributed by atoms with Gasteiger partial charge in [-0.3, -0.25) is 4.79 Å². The van der Waals surface area contributed by atoms with Gasteiger partial charge in [-0.15, -0.1) is 12.3 Å². The minimum Gasteiger partial charge on any atom is -0.299 e. The average molecular weight is 218 g/mol. The summed E-state index contributed by atoms with van der Waals surface area (Å²) in [6.07, 6.45) is 5.94. The highest BCUT2D eigenvalue weighted by Crippen LogP contribution is 2.26. The second kappa shape index (κ2) is 4.94. The molecular formula is C14H15FO. The number of Topliss-reactive ketones (excluding diaryl/α,β-unsaturated/α-hetero) is 1. The molecule has 1 nitrogen and oxygen atoms in total. The van der Waals surface area contributed by atoms with Crippen LogP contribution in [-0.4, -0.2) is 5.78 Å². The molecule has 84 valence electrons. The Morgan fingerprint density at radius 1 is 1.38 bits per heavy atom. The van der Waals surface area contributed by atoms with Crippen LogP contribution in [0.2, 0.25) is 0 Å². The van der Waals surface area contributed by atoms with Crippen molar-refractivity contribution in [1.82, 2.24) is 0 Å². The maximum absolute atomic E-state index is 12.8. The molecule has 0 aliphatic heterocycles. The van der Waals surface area contributed by atoms with Gasteiger partial charge in [-0.2, -0.15) is 0 Å². The van der Waals surface area contributed by atoms with Gasteiger partial charge in [0.25, 0.3) is 0 Å². The molecule has 0 bridgehead atoms. The molecule has 1 rings (SSSR count). The van der Waals surface area contributed by atoms with E-state index in [4.69, 9.17) is 6.42 Å². The Labute approximate surface area is 95.7 Å². The Morgan fingerprint density at radius 2 is 1.94 bits per heavy atom.